The number of rotatable bonds is 1. The third kappa shape index (κ3) is 2.27. The fraction of sp³-hybridized carbons (Fsp3) is 0.909. The summed E-state index contributed by atoms with van der Waals surface area (Å²) in [6.45, 7) is 2.63. The molecule has 0 unspecified atom stereocenters. The largest absolute Gasteiger partial charge is 0.463 e. The van der Waals surface area contributed by atoms with Gasteiger partial charge in [-0.3, -0.25) is 4.79 Å². The molecule has 3 nitrogen and oxygen atoms in total. The summed E-state index contributed by atoms with van der Waals surface area (Å²) in [5.41, 5.74) is 0. The highest BCUT2D eigenvalue weighted by molar-refractivity contribution is 5.66. The number of ether oxygens (including phenoxy) is 1. The number of carbonyl (C=O) groups is 1. The van der Waals surface area contributed by atoms with E-state index in [-0.39, 0.29) is 12.1 Å². The van der Waals surface area contributed by atoms with Gasteiger partial charge in [-0.15, -0.1) is 0 Å². The van der Waals surface area contributed by atoms with Crippen molar-refractivity contribution in [2.45, 2.75) is 51.2 Å². The van der Waals surface area contributed by atoms with Gasteiger partial charge in [-0.25, -0.2) is 0 Å². The standard InChI is InChI=1S/C11H19NO2/c1-8(13)14-10-5-4-9-3-2-6-12-11(9)7-10/h9-12H,2-7H2,1H3/t9-,10+,11-/m1/s1. The molecule has 0 spiro atoms. The monoisotopic (exact) mass is 197 g/mol. The highest BCUT2D eigenvalue weighted by Crippen LogP contribution is 2.31. The van der Waals surface area contributed by atoms with E-state index in [1.807, 2.05) is 0 Å². The summed E-state index contributed by atoms with van der Waals surface area (Å²) in [6.07, 6.45) is 6.12. The predicted molar refractivity (Wildman–Crippen MR) is 53.9 cm³/mol. The Morgan fingerprint density at radius 1 is 1.36 bits per heavy atom. The van der Waals surface area contributed by atoms with Crippen molar-refractivity contribution in [3.05, 3.63) is 0 Å². The first-order valence-electron chi connectivity index (χ1n) is 5.66. The predicted octanol–water partition coefficient (Wildman–Crippen LogP) is 1.47. The van der Waals surface area contributed by atoms with Crippen molar-refractivity contribution in [3.8, 4) is 0 Å². The number of fused-ring (bicyclic) bond motifs is 1. The van der Waals surface area contributed by atoms with Crippen molar-refractivity contribution < 1.29 is 9.53 Å². The van der Waals surface area contributed by atoms with Gasteiger partial charge in [0.25, 0.3) is 0 Å². The lowest BCUT2D eigenvalue weighted by atomic mass is 9.78. The van der Waals surface area contributed by atoms with Crippen molar-refractivity contribution in [2.75, 3.05) is 6.54 Å². The molecule has 80 valence electrons. The van der Waals surface area contributed by atoms with Gasteiger partial charge in [-0.1, -0.05) is 0 Å². The Morgan fingerprint density at radius 3 is 3.00 bits per heavy atom. The van der Waals surface area contributed by atoms with Gasteiger partial charge in [0, 0.05) is 13.0 Å². The summed E-state index contributed by atoms with van der Waals surface area (Å²) in [7, 11) is 0. The molecule has 0 aromatic heterocycles. The fourth-order valence-electron chi connectivity index (χ4n) is 2.78. The molecule has 1 saturated heterocycles. The molecule has 0 bridgehead atoms. The molecule has 14 heavy (non-hydrogen) atoms. The Kier molecular flexibility index (Phi) is 3.06. The molecule has 1 aliphatic carbocycles. The third-order valence-corrected chi connectivity index (χ3v) is 3.44. The van der Waals surface area contributed by atoms with Crippen molar-refractivity contribution in [2.24, 2.45) is 5.92 Å². The van der Waals surface area contributed by atoms with Crippen LogP contribution in [0.2, 0.25) is 0 Å². The zero-order valence-electron chi connectivity index (χ0n) is 8.79. The number of piperidine rings is 1. The number of esters is 1. The Bertz CT molecular complexity index is 217. The van der Waals surface area contributed by atoms with Crippen LogP contribution in [0.1, 0.15) is 39.0 Å². The SMILES string of the molecule is CC(=O)O[C@H]1CC[C@H]2CCCN[C@@H]2C1. The molecule has 1 aliphatic heterocycles. The smallest absolute Gasteiger partial charge is 0.302 e. The molecule has 0 aromatic carbocycles. The van der Waals surface area contributed by atoms with E-state index >= 15 is 0 Å². The normalized spacial score (nSPS) is 37.4. The minimum atomic E-state index is -0.135. The number of hydrogen-bond acceptors (Lipinski definition) is 3. The van der Waals surface area contributed by atoms with Gasteiger partial charge in [0.2, 0.25) is 0 Å². The first kappa shape index (κ1) is 9.97. The van der Waals surface area contributed by atoms with E-state index < -0.39 is 0 Å². The van der Waals surface area contributed by atoms with Crippen LogP contribution in [0.4, 0.5) is 0 Å². The number of carbonyl (C=O) groups excluding carboxylic acids is 1. The maximum atomic E-state index is 10.8. The van der Waals surface area contributed by atoms with Crippen molar-refractivity contribution >= 4 is 5.97 Å². The second-order valence-electron chi connectivity index (χ2n) is 4.51. The van der Waals surface area contributed by atoms with Crippen LogP contribution in [-0.2, 0) is 9.53 Å². The summed E-state index contributed by atoms with van der Waals surface area (Å²) in [4.78, 5) is 10.8. The first-order valence-corrected chi connectivity index (χ1v) is 5.66. The second-order valence-corrected chi connectivity index (χ2v) is 4.51. The van der Waals surface area contributed by atoms with E-state index in [4.69, 9.17) is 4.74 Å². The van der Waals surface area contributed by atoms with Crippen LogP contribution in [0.3, 0.4) is 0 Å². The molecule has 1 saturated carbocycles. The molecule has 0 amide bonds. The molecular weight excluding hydrogens is 178 g/mol. The molecule has 3 atom stereocenters. The van der Waals surface area contributed by atoms with E-state index in [2.05, 4.69) is 5.32 Å². The van der Waals surface area contributed by atoms with Crippen LogP contribution in [0.25, 0.3) is 0 Å². The van der Waals surface area contributed by atoms with E-state index in [1.165, 1.54) is 26.2 Å². The van der Waals surface area contributed by atoms with E-state index in [1.54, 1.807) is 0 Å². The summed E-state index contributed by atoms with van der Waals surface area (Å²) in [5, 5.41) is 3.53. The molecule has 2 rings (SSSR count). The second kappa shape index (κ2) is 4.30. The Labute approximate surface area is 85.2 Å². The van der Waals surface area contributed by atoms with Crippen LogP contribution < -0.4 is 5.32 Å². The van der Waals surface area contributed by atoms with Crippen molar-refractivity contribution in [1.82, 2.24) is 5.32 Å². The zero-order valence-corrected chi connectivity index (χ0v) is 8.79. The van der Waals surface area contributed by atoms with Crippen LogP contribution >= 0.6 is 0 Å². The lowest BCUT2D eigenvalue weighted by molar-refractivity contribution is -0.148. The maximum absolute atomic E-state index is 10.8. The number of nitrogens with one attached hydrogen (secondary N) is 1. The van der Waals surface area contributed by atoms with Gasteiger partial charge >= 0.3 is 5.97 Å². The topological polar surface area (TPSA) is 38.3 Å². The maximum Gasteiger partial charge on any atom is 0.302 e. The lowest BCUT2D eigenvalue weighted by Crippen LogP contribution is -2.47. The number of hydrogen-bond donors (Lipinski definition) is 1. The molecule has 0 aromatic rings. The van der Waals surface area contributed by atoms with E-state index in [0.29, 0.717) is 6.04 Å². The average molecular weight is 197 g/mol. The summed E-state index contributed by atoms with van der Waals surface area (Å²) in [6, 6.07) is 0.599. The minimum absolute atomic E-state index is 0.135. The first-order chi connectivity index (χ1) is 6.75. The van der Waals surface area contributed by atoms with Gasteiger partial charge in [-0.05, 0) is 44.6 Å². The molecule has 2 fully saturated rings. The van der Waals surface area contributed by atoms with Gasteiger partial charge in [0.05, 0.1) is 0 Å². The summed E-state index contributed by atoms with van der Waals surface area (Å²) in [5.74, 6) is 0.694. The Hall–Kier alpha value is -0.570. The van der Waals surface area contributed by atoms with Crippen molar-refractivity contribution in [1.29, 1.82) is 0 Å². The average Bonchev–Trinajstić information content (AvgIpc) is 2.17. The van der Waals surface area contributed by atoms with Gasteiger partial charge in [-0.2, -0.15) is 0 Å². The summed E-state index contributed by atoms with van der Waals surface area (Å²) >= 11 is 0. The van der Waals surface area contributed by atoms with Crippen LogP contribution in [0.15, 0.2) is 0 Å². The third-order valence-electron chi connectivity index (χ3n) is 3.44. The van der Waals surface area contributed by atoms with Gasteiger partial charge in [0.15, 0.2) is 0 Å². The van der Waals surface area contributed by atoms with E-state index in [9.17, 15) is 4.79 Å². The zero-order chi connectivity index (χ0) is 9.97. The molecule has 1 heterocycles. The lowest BCUT2D eigenvalue weighted by Gasteiger charge is -2.39. The Morgan fingerprint density at radius 2 is 2.21 bits per heavy atom. The molecular formula is C11H19NO2. The molecule has 3 heteroatoms. The van der Waals surface area contributed by atoms with Crippen molar-refractivity contribution in [3.63, 3.8) is 0 Å². The van der Waals surface area contributed by atoms with Crippen LogP contribution in [0, 0.1) is 5.92 Å². The minimum Gasteiger partial charge on any atom is -0.463 e. The Balaban J connectivity index is 1.86. The van der Waals surface area contributed by atoms with Gasteiger partial charge in [0.1, 0.15) is 6.10 Å². The van der Waals surface area contributed by atoms with Crippen LogP contribution in [-0.4, -0.2) is 24.7 Å². The molecule has 2 aliphatic rings. The fourth-order valence-corrected chi connectivity index (χ4v) is 2.78. The quantitative estimate of drug-likeness (QED) is 0.647. The highest BCUT2D eigenvalue weighted by atomic mass is 16.5. The molecule has 1 N–H and O–H groups in total. The van der Waals surface area contributed by atoms with E-state index in [0.717, 1.165) is 25.3 Å². The van der Waals surface area contributed by atoms with Crippen LogP contribution in [0.5, 0.6) is 0 Å². The molecule has 0 radical (unpaired) electrons. The summed E-state index contributed by atoms with van der Waals surface area (Å²) < 4.78 is 5.26. The highest BCUT2D eigenvalue weighted by Gasteiger charge is 2.33. The van der Waals surface area contributed by atoms with Gasteiger partial charge < -0.3 is 10.1 Å².